The van der Waals surface area contributed by atoms with Gasteiger partial charge in [0.25, 0.3) is 0 Å². The number of carbonyl (C=O) groups is 1. The SMILES string of the molecule is CC(C)(C)OC(=O)N1CCN2C(NCc3ccc(Oc4ccc(F)cc4)nc3)=NCC2C1. The van der Waals surface area contributed by atoms with Crippen molar-refractivity contribution in [2.24, 2.45) is 4.99 Å². The van der Waals surface area contributed by atoms with Gasteiger partial charge in [0.15, 0.2) is 5.96 Å². The molecule has 9 heteroatoms. The van der Waals surface area contributed by atoms with Crippen molar-refractivity contribution in [1.29, 1.82) is 0 Å². The van der Waals surface area contributed by atoms with E-state index in [1.165, 1.54) is 12.1 Å². The molecule has 1 unspecified atom stereocenters. The first-order valence-electron chi connectivity index (χ1n) is 10.7. The number of guanidine groups is 1. The number of amides is 1. The molecule has 0 saturated carbocycles. The molecule has 0 bridgehead atoms. The number of ether oxygens (including phenoxy) is 2. The molecule has 4 rings (SSSR count). The Balaban J connectivity index is 1.26. The molecule has 32 heavy (non-hydrogen) atoms. The maximum Gasteiger partial charge on any atom is 0.410 e. The summed E-state index contributed by atoms with van der Waals surface area (Å²) in [6.07, 6.45) is 1.46. The number of pyridine rings is 1. The number of benzene rings is 1. The molecule has 0 radical (unpaired) electrons. The predicted molar refractivity (Wildman–Crippen MR) is 118 cm³/mol. The van der Waals surface area contributed by atoms with Crippen molar-refractivity contribution in [3.05, 3.63) is 54.0 Å². The molecule has 1 fully saturated rings. The van der Waals surface area contributed by atoms with E-state index in [9.17, 15) is 9.18 Å². The molecule has 1 saturated heterocycles. The summed E-state index contributed by atoms with van der Waals surface area (Å²) in [6.45, 7) is 8.74. The molecule has 1 aromatic carbocycles. The van der Waals surface area contributed by atoms with Gasteiger partial charge in [0.2, 0.25) is 5.88 Å². The van der Waals surface area contributed by atoms with Crippen LogP contribution in [0.2, 0.25) is 0 Å². The van der Waals surface area contributed by atoms with Crippen molar-refractivity contribution in [3.8, 4) is 11.6 Å². The van der Waals surface area contributed by atoms with Gasteiger partial charge in [-0.05, 0) is 50.6 Å². The molecule has 8 nitrogen and oxygen atoms in total. The third-order valence-electron chi connectivity index (χ3n) is 5.14. The van der Waals surface area contributed by atoms with Gasteiger partial charge in [0, 0.05) is 38.4 Å². The molecule has 1 atom stereocenters. The van der Waals surface area contributed by atoms with Gasteiger partial charge in [-0.3, -0.25) is 4.99 Å². The van der Waals surface area contributed by atoms with Crippen LogP contribution in [-0.4, -0.2) is 64.7 Å². The highest BCUT2D eigenvalue weighted by atomic mass is 19.1. The Hall–Kier alpha value is -3.36. The average Bonchev–Trinajstić information content (AvgIpc) is 3.16. The second kappa shape index (κ2) is 9.02. The largest absolute Gasteiger partial charge is 0.444 e. The average molecular weight is 442 g/mol. The zero-order valence-corrected chi connectivity index (χ0v) is 18.5. The molecule has 2 aliphatic heterocycles. The van der Waals surface area contributed by atoms with E-state index in [2.05, 4.69) is 20.2 Å². The van der Waals surface area contributed by atoms with Crippen LogP contribution in [0.4, 0.5) is 9.18 Å². The number of piperazine rings is 1. The van der Waals surface area contributed by atoms with E-state index in [-0.39, 0.29) is 18.0 Å². The van der Waals surface area contributed by atoms with Crippen LogP contribution in [-0.2, 0) is 11.3 Å². The molecule has 1 aromatic heterocycles. The van der Waals surface area contributed by atoms with Gasteiger partial charge in [-0.2, -0.15) is 0 Å². The number of aliphatic imine (C=N–C) groups is 1. The smallest absolute Gasteiger partial charge is 0.410 e. The maximum absolute atomic E-state index is 13.0. The Morgan fingerprint density at radius 1 is 1.19 bits per heavy atom. The number of halogens is 1. The number of nitrogens with one attached hydrogen (secondary N) is 1. The van der Waals surface area contributed by atoms with Crippen LogP contribution < -0.4 is 10.1 Å². The van der Waals surface area contributed by atoms with Crippen molar-refractivity contribution >= 4 is 12.1 Å². The molecule has 1 N–H and O–H groups in total. The predicted octanol–water partition coefficient (Wildman–Crippen LogP) is 3.39. The Bertz CT molecular complexity index is 973. The first-order valence-corrected chi connectivity index (χ1v) is 10.7. The third-order valence-corrected chi connectivity index (χ3v) is 5.14. The summed E-state index contributed by atoms with van der Waals surface area (Å²) in [7, 11) is 0. The number of aromatic nitrogens is 1. The second-order valence-corrected chi connectivity index (χ2v) is 8.85. The first kappa shape index (κ1) is 21.9. The van der Waals surface area contributed by atoms with Crippen LogP contribution >= 0.6 is 0 Å². The number of rotatable bonds is 4. The minimum Gasteiger partial charge on any atom is -0.444 e. The van der Waals surface area contributed by atoms with Crippen LogP contribution in [0.3, 0.4) is 0 Å². The fraction of sp³-hybridized carbons (Fsp3) is 0.435. The van der Waals surface area contributed by atoms with E-state index in [4.69, 9.17) is 9.47 Å². The van der Waals surface area contributed by atoms with Crippen LogP contribution in [0.15, 0.2) is 47.6 Å². The molecule has 2 aromatic rings. The highest BCUT2D eigenvalue weighted by molar-refractivity contribution is 5.82. The molecular weight excluding hydrogens is 413 g/mol. The van der Waals surface area contributed by atoms with Gasteiger partial charge in [0.05, 0.1) is 12.6 Å². The van der Waals surface area contributed by atoms with Gasteiger partial charge in [0.1, 0.15) is 17.2 Å². The zero-order valence-electron chi connectivity index (χ0n) is 18.5. The lowest BCUT2D eigenvalue weighted by Gasteiger charge is -2.39. The fourth-order valence-electron chi connectivity index (χ4n) is 3.60. The summed E-state index contributed by atoms with van der Waals surface area (Å²) in [5.74, 6) is 1.50. The summed E-state index contributed by atoms with van der Waals surface area (Å²) in [4.78, 5) is 25.3. The minimum atomic E-state index is -0.499. The fourth-order valence-corrected chi connectivity index (χ4v) is 3.60. The maximum atomic E-state index is 13.0. The number of nitrogens with zero attached hydrogens (tertiary/aromatic N) is 4. The topological polar surface area (TPSA) is 79.3 Å². The molecule has 0 aliphatic carbocycles. The molecule has 3 heterocycles. The molecule has 0 spiro atoms. The summed E-state index contributed by atoms with van der Waals surface area (Å²) < 4.78 is 24.1. The Labute approximate surface area is 187 Å². The van der Waals surface area contributed by atoms with Crippen molar-refractivity contribution in [1.82, 2.24) is 20.1 Å². The third kappa shape index (κ3) is 5.46. The number of fused-ring (bicyclic) bond motifs is 1. The summed E-state index contributed by atoms with van der Waals surface area (Å²) in [5.41, 5.74) is 0.482. The summed E-state index contributed by atoms with van der Waals surface area (Å²) in [6, 6.07) is 9.66. The van der Waals surface area contributed by atoms with Crippen LogP contribution in [0.1, 0.15) is 26.3 Å². The standard InChI is InChI=1S/C23H28FN5O3/c1-23(2,3)32-22(30)28-10-11-29-18(15-28)14-27-21(29)26-13-16-4-9-20(25-12-16)31-19-7-5-17(24)6-8-19/h4-9,12,18H,10-11,13-15H2,1-3H3,(H,26,27). The minimum absolute atomic E-state index is 0.156. The highest BCUT2D eigenvalue weighted by Crippen LogP contribution is 2.21. The first-order chi connectivity index (χ1) is 15.3. The highest BCUT2D eigenvalue weighted by Gasteiger charge is 2.36. The Morgan fingerprint density at radius 3 is 2.66 bits per heavy atom. The van der Waals surface area contributed by atoms with Gasteiger partial charge < -0.3 is 24.6 Å². The van der Waals surface area contributed by atoms with Gasteiger partial charge in [-0.25, -0.2) is 14.2 Å². The van der Waals surface area contributed by atoms with E-state index in [1.807, 2.05) is 26.8 Å². The number of carbonyl (C=O) groups excluding carboxylic acids is 1. The van der Waals surface area contributed by atoms with Crippen molar-refractivity contribution in [2.45, 2.75) is 39.0 Å². The van der Waals surface area contributed by atoms with Gasteiger partial charge >= 0.3 is 6.09 Å². The quantitative estimate of drug-likeness (QED) is 0.784. The summed E-state index contributed by atoms with van der Waals surface area (Å²) >= 11 is 0. The van der Waals surface area contributed by atoms with E-state index < -0.39 is 5.60 Å². The van der Waals surface area contributed by atoms with Crippen LogP contribution in [0.5, 0.6) is 11.6 Å². The monoisotopic (exact) mass is 441 g/mol. The summed E-state index contributed by atoms with van der Waals surface area (Å²) in [5, 5.41) is 3.37. The molecule has 170 valence electrons. The van der Waals surface area contributed by atoms with Gasteiger partial charge in [-0.15, -0.1) is 0 Å². The second-order valence-electron chi connectivity index (χ2n) is 8.85. The Morgan fingerprint density at radius 2 is 1.97 bits per heavy atom. The molecule has 1 amide bonds. The van der Waals surface area contributed by atoms with E-state index >= 15 is 0 Å². The molecule has 2 aliphatic rings. The lowest BCUT2D eigenvalue weighted by atomic mass is 10.2. The lowest BCUT2D eigenvalue weighted by Crippen LogP contribution is -2.57. The van der Waals surface area contributed by atoms with E-state index in [0.29, 0.717) is 44.4 Å². The van der Waals surface area contributed by atoms with Gasteiger partial charge in [-0.1, -0.05) is 6.07 Å². The normalized spacial score (nSPS) is 18.1. The van der Waals surface area contributed by atoms with E-state index in [0.717, 1.165) is 11.5 Å². The van der Waals surface area contributed by atoms with Crippen LogP contribution in [0.25, 0.3) is 0 Å². The van der Waals surface area contributed by atoms with Crippen LogP contribution in [0, 0.1) is 5.82 Å². The van der Waals surface area contributed by atoms with Crippen molar-refractivity contribution in [2.75, 3.05) is 26.2 Å². The Kier molecular flexibility index (Phi) is 6.16. The van der Waals surface area contributed by atoms with E-state index in [1.54, 1.807) is 29.3 Å². The molecular formula is C23H28FN5O3. The number of hydrogen-bond acceptors (Lipinski definition) is 7. The number of hydrogen-bond donors (Lipinski definition) is 1. The van der Waals surface area contributed by atoms with Crippen molar-refractivity contribution in [3.63, 3.8) is 0 Å². The zero-order chi connectivity index (χ0) is 22.7. The lowest BCUT2D eigenvalue weighted by molar-refractivity contribution is 0.0137. The van der Waals surface area contributed by atoms with Crippen molar-refractivity contribution < 1.29 is 18.7 Å².